The smallest absolute Gasteiger partial charge is 0.349 e. The van der Waals surface area contributed by atoms with Crippen LogP contribution in [0.25, 0.3) is 33.0 Å². The van der Waals surface area contributed by atoms with Gasteiger partial charge in [-0.3, -0.25) is 4.90 Å². The maximum absolute atomic E-state index is 14.8. The van der Waals surface area contributed by atoms with Crippen LogP contribution in [-0.2, 0) is 0 Å². The number of nitrogens with one attached hydrogen (secondary N) is 1. The SMILES string of the molecule is C#Cc1c(F)ccc2cc(O)cc(-c3cc4nc(OC[C@@]56CCCN5C[C@H](F)C6)nc(N5CC6CC[C@@H](C5)N6)c4c(=O)o3)c12. The molecule has 2 bridgehead atoms. The lowest BCUT2D eigenvalue weighted by atomic mass is 9.95. The number of alkyl halides is 1. The summed E-state index contributed by atoms with van der Waals surface area (Å²) in [4.78, 5) is 27.4. The van der Waals surface area contributed by atoms with Crippen molar-refractivity contribution in [1.82, 2.24) is 20.2 Å². The minimum atomic E-state index is -0.898. The third kappa shape index (κ3) is 4.39. The number of halogens is 2. The first-order valence-corrected chi connectivity index (χ1v) is 15.1. The highest BCUT2D eigenvalue weighted by Crippen LogP contribution is 2.41. The molecule has 4 fully saturated rings. The van der Waals surface area contributed by atoms with Gasteiger partial charge in [0.25, 0.3) is 0 Å². The Kier molecular flexibility index (Phi) is 6.29. The third-order valence-corrected chi connectivity index (χ3v) is 9.78. The summed E-state index contributed by atoms with van der Waals surface area (Å²) in [6.45, 7) is 2.79. The fraction of sp³-hybridized carbons (Fsp3) is 0.424. The van der Waals surface area contributed by atoms with Gasteiger partial charge >= 0.3 is 11.6 Å². The molecule has 4 aliphatic rings. The van der Waals surface area contributed by atoms with Gasteiger partial charge in [-0.2, -0.15) is 9.97 Å². The maximum Gasteiger partial charge on any atom is 0.349 e. The van der Waals surface area contributed by atoms with Gasteiger partial charge in [-0.05, 0) is 55.8 Å². The average Bonchev–Trinajstić information content (AvgIpc) is 3.65. The van der Waals surface area contributed by atoms with Crippen molar-refractivity contribution in [3.63, 3.8) is 0 Å². The molecule has 11 heteroatoms. The highest BCUT2D eigenvalue weighted by atomic mass is 19.1. The number of ether oxygens (including phenoxy) is 1. The lowest BCUT2D eigenvalue weighted by molar-refractivity contribution is 0.107. The van der Waals surface area contributed by atoms with E-state index in [2.05, 4.69) is 26.0 Å². The molecule has 6 heterocycles. The van der Waals surface area contributed by atoms with E-state index < -0.39 is 23.2 Å². The summed E-state index contributed by atoms with van der Waals surface area (Å²) in [5.74, 6) is 2.18. The summed E-state index contributed by atoms with van der Waals surface area (Å²) in [6.07, 6.45) is 9.07. The Morgan fingerprint density at radius 2 is 1.98 bits per heavy atom. The Balaban J connectivity index is 1.28. The summed E-state index contributed by atoms with van der Waals surface area (Å²) in [6, 6.07) is 7.83. The van der Waals surface area contributed by atoms with E-state index in [0.29, 0.717) is 42.6 Å². The second-order valence-corrected chi connectivity index (χ2v) is 12.6. The molecule has 8 rings (SSSR count). The van der Waals surface area contributed by atoms with Crippen LogP contribution in [0, 0.1) is 18.2 Å². The fourth-order valence-electron chi connectivity index (χ4n) is 7.85. The van der Waals surface area contributed by atoms with Crippen molar-refractivity contribution in [2.75, 3.05) is 37.7 Å². The van der Waals surface area contributed by atoms with Crippen molar-refractivity contribution >= 4 is 27.5 Å². The first-order valence-electron chi connectivity index (χ1n) is 15.1. The number of aromatic hydroxyl groups is 1. The van der Waals surface area contributed by atoms with Crippen molar-refractivity contribution in [3.8, 4) is 35.4 Å². The van der Waals surface area contributed by atoms with E-state index in [-0.39, 0.29) is 58.2 Å². The van der Waals surface area contributed by atoms with Crippen molar-refractivity contribution in [2.24, 2.45) is 0 Å². The normalized spacial score (nSPS) is 26.4. The largest absolute Gasteiger partial charge is 0.508 e. The Morgan fingerprint density at radius 3 is 2.77 bits per heavy atom. The van der Waals surface area contributed by atoms with Crippen LogP contribution in [0.3, 0.4) is 0 Å². The first-order chi connectivity index (χ1) is 21.3. The number of phenolic OH excluding ortho intramolecular Hbond substituents is 1. The highest BCUT2D eigenvalue weighted by molar-refractivity contribution is 6.02. The molecule has 4 aliphatic heterocycles. The summed E-state index contributed by atoms with van der Waals surface area (Å²) >= 11 is 0. The van der Waals surface area contributed by atoms with Crippen LogP contribution in [0.4, 0.5) is 14.6 Å². The van der Waals surface area contributed by atoms with E-state index in [0.717, 1.165) is 32.2 Å². The Hall–Kier alpha value is -4.27. The molecule has 4 atom stereocenters. The van der Waals surface area contributed by atoms with Crippen LogP contribution in [0.5, 0.6) is 11.8 Å². The number of hydrogen-bond acceptors (Lipinski definition) is 9. The minimum absolute atomic E-state index is 0.00737. The Bertz CT molecular complexity index is 1910. The number of phenols is 1. The van der Waals surface area contributed by atoms with Gasteiger partial charge in [0.15, 0.2) is 5.82 Å². The van der Waals surface area contributed by atoms with Crippen LogP contribution in [-0.4, -0.2) is 76.6 Å². The van der Waals surface area contributed by atoms with E-state index in [1.165, 1.54) is 24.3 Å². The molecule has 0 spiro atoms. The number of aromatic nitrogens is 2. The molecule has 0 saturated carbocycles. The number of hydrogen-bond donors (Lipinski definition) is 2. The molecule has 44 heavy (non-hydrogen) atoms. The van der Waals surface area contributed by atoms with E-state index in [9.17, 15) is 18.7 Å². The van der Waals surface area contributed by atoms with E-state index in [1.807, 2.05) is 0 Å². The molecule has 9 nitrogen and oxygen atoms in total. The third-order valence-electron chi connectivity index (χ3n) is 9.78. The fourth-order valence-corrected chi connectivity index (χ4v) is 7.85. The van der Waals surface area contributed by atoms with Gasteiger partial charge in [0.2, 0.25) is 0 Å². The maximum atomic E-state index is 14.8. The molecule has 2 aromatic carbocycles. The zero-order valence-electron chi connectivity index (χ0n) is 24.0. The molecule has 226 valence electrons. The molecule has 4 aromatic rings. The van der Waals surface area contributed by atoms with Gasteiger partial charge in [-0.15, -0.1) is 6.42 Å². The summed E-state index contributed by atoms with van der Waals surface area (Å²) in [7, 11) is 0. The van der Waals surface area contributed by atoms with E-state index in [4.69, 9.17) is 20.6 Å². The number of anilines is 1. The molecule has 1 unspecified atom stereocenters. The average molecular weight is 600 g/mol. The van der Waals surface area contributed by atoms with Gasteiger partial charge < -0.3 is 24.5 Å². The predicted octanol–water partition coefficient (Wildman–Crippen LogP) is 4.13. The van der Waals surface area contributed by atoms with E-state index >= 15 is 0 Å². The quantitative estimate of drug-likeness (QED) is 0.328. The number of nitrogens with zero attached hydrogens (tertiary/aromatic N) is 4. The van der Waals surface area contributed by atoms with Crippen molar-refractivity contribution < 1.29 is 23.0 Å². The lowest BCUT2D eigenvalue weighted by Gasteiger charge is -2.34. The van der Waals surface area contributed by atoms with Gasteiger partial charge in [0, 0.05) is 55.2 Å². The van der Waals surface area contributed by atoms with E-state index in [1.54, 1.807) is 6.07 Å². The molecular weight excluding hydrogens is 568 g/mol. The van der Waals surface area contributed by atoms with Crippen LogP contribution < -0.4 is 20.6 Å². The number of rotatable bonds is 5. The summed E-state index contributed by atoms with van der Waals surface area (Å²) < 4.78 is 41.3. The molecular formula is C33H31F2N5O4. The topological polar surface area (TPSA) is 104 Å². The molecule has 0 radical (unpaired) electrons. The number of benzene rings is 2. The molecule has 0 amide bonds. The second-order valence-electron chi connectivity index (χ2n) is 12.6. The van der Waals surface area contributed by atoms with Crippen LogP contribution >= 0.6 is 0 Å². The summed E-state index contributed by atoms with van der Waals surface area (Å²) in [5.41, 5.74) is -0.533. The van der Waals surface area contributed by atoms with Crippen molar-refractivity contribution in [1.29, 1.82) is 0 Å². The number of fused-ring (bicyclic) bond motifs is 5. The van der Waals surface area contributed by atoms with Crippen molar-refractivity contribution in [2.45, 2.75) is 55.9 Å². The standard InChI is InChI=1S/C33H31F2N5O4/c1-2-23-25(35)7-4-18-10-22(41)11-24(28(18)23)27-12-26-29(31(42)44-27)30(39-15-20-5-6-21(16-39)36-20)38-32(37-26)43-17-33-8-3-9-40(33)14-19(34)13-33/h1,4,7,10-12,19-21,36,41H,3,5-6,8-9,13-17H2/t19-,20+,21?,33+/m1/s1. The minimum Gasteiger partial charge on any atom is -0.508 e. The zero-order valence-corrected chi connectivity index (χ0v) is 24.0. The zero-order chi connectivity index (χ0) is 30.2. The molecule has 0 aliphatic carbocycles. The molecule has 2 aromatic heterocycles. The number of piperazine rings is 1. The number of terminal acetylenes is 1. The highest BCUT2D eigenvalue weighted by Gasteiger charge is 2.49. The van der Waals surface area contributed by atoms with Crippen LogP contribution in [0.2, 0.25) is 0 Å². The monoisotopic (exact) mass is 599 g/mol. The predicted molar refractivity (Wildman–Crippen MR) is 161 cm³/mol. The molecule has 2 N–H and O–H groups in total. The van der Waals surface area contributed by atoms with Crippen LogP contribution in [0.15, 0.2) is 39.5 Å². The van der Waals surface area contributed by atoms with Gasteiger partial charge in [0.1, 0.15) is 35.5 Å². The summed E-state index contributed by atoms with van der Waals surface area (Å²) in [5, 5.41) is 15.1. The van der Waals surface area contributed by atoms with Gasteiger partial charge in [-0.25, -0.2) is 13.6 Å². The van der Waals surface area contributed by atoms with Crippen molar-refractivity contribution in [3.05, 3.63) is 52.1 Å². The second kappa shape index (κ2) is 10.1. The van der Waals surface area contributed by atoms with Crippen LogP contribution in [0.1, 0.15) is 37.7 Å². The molecule has 4 saturated heterocycles. The van der Waals surface area contributed by atoms with Gasteiger partial charge in [-0.1, -0.05) is 12.0 Å². The Labute approximate surface area is 251 Å². The van der Waals surface area contributed by atoms with Gasteiger partial charge in [0.05, 0.1) is 16.6 Å². The first kappa shape index (κ1) is 27.3. The lowest BCUT2D eigenvalue weighted by Crippen LogP contribution is -2.51. The Morgan fingerprint density at radius 1 is 1.16 bits per heavy atom.